The maximum Gasteiger partial charge on any atom is 0.413 e. The third kappa shape index (κ3) is 5.30. The molecule has 0 aliphatic heterocycles. The predicted octanol–water partition coefficient (Wildman–Crippen LogP) is 1.80. The van der Waals surface area contributed by atoms with E-state index in [0.717, 1.165) is 11.8 Å². The van der Waals surface area contributed by atoms with Crippen LogP contribution in [-0.4, -0.2) is 47.6 Å². The van der Waals surface area contributed by atoms with Crippen LogP contribution in [0.2, 0.25) is 0 Å². The number of hydrogen-bond donors (Lipinski definition) is 1. The molecular weight excluding hydrogens is 358 g/mol. The maximum atomic E-state index is 12.7. The second-order valence-corrected chi connectivity index (χ2v) is 6.21. The number of imide groups is 1. The molecule has 1 heterocycles. The number of hydrogen-bond acceptors (Lipinski definition) is 7. The highest BCUT2D eigenvalue weighted by molar-refractivity contribution is 7.99. The Hall–Kier alpha value is -2.39. The number of benzene rings is 1. The largest absolute Gasteiger partial charge is 0.450 e. The zero-order valence-electron chi connectivity index (χ0n) is 14.7. The molecule has 26 heavy (non-hydrogen) atoms. The summed E-state index contributed by atoms with van der Waals surface area (Å²) in [4.78, 5) is 40.4. The highest BCUT2D eigenvalue weighted by atomic mass is 32.2. The highest BCUT2D eigenvalue weighted by Gasteiger charge is 2.14. The summed E-state index contributed by atoms with van der Waals surface area (Å²) in [6, 6.07) is 7.05. The van der Waals surface area contributed by atoms with E-state index in [9.17, 15) is 14.4 Å². The van der Waals surface area contributed by atoms with Crippen molar-refractivity contribution in [3.05, 3.63) is 34.6 Å². The number of rotatable bonds is 8. The maximum absolute atomic E-state index is 12.7. The summed E-state index contributed by atoms with van der Waals surface area (Å²) >= 11 is 1.09. The smallest absolute Gasteiger partial charge is 0.413 e. The fourth-order valence-corrected chi connectivity index (χ4v) is 3.09. The zero-order chi connectivity index (χ0) is 18.9. The summed E-state index contributed by atoms with van der Waals surface area (Å²) in [5.74, 6) is -0.576. The molecule has 0 fully saturated rings. The fraction of sp³-hybridized carbons (Fsp3) is 0.412. The minimum atomic E-state index is -0.790. The standard InChI is InChI=1S/C17H21N3O5S/c1-3-25-17(23)19-14(21)11-26-16-18-13-8-5-4-7-12(13)15(22)20(16)9-6-10-24-2/h4-5,7-8H,3,6,9-11H2,1-2H3,(H,19,21,23). The van der Waals surface area contributed by atoms with E-state index in [0.29, 0.717) is 35.6 Å². The van der Waals surface area contributed by atoms with Gasteiger partial charge in [0.15, 0.2) is 5.16 Å². The summed E-state index contributed by atoms with van der Waals surface area (Å²) in [7, 11) is 1.59. The monoisotopic (exact) mass is 379 g/mol. The Morgan fingerprint density at radius 2 is 2.08 bits per heavy atom. The third-order valence-electron chi connectivity index (χ3n) is 3.41. The Labute approximate surface area is 154 Å². The third-order valence-corrected chi connectivity index (χ3v) is 4.38. The molecule has 0 unspecified atom stereocenters. The van der Waals surface area contributed by atoms with Gasteiger partial charge in [0.25, 0.3) is 5.56 Å². The van der Waals surface area contributed by atoms with Crippen LogP contribution in [0, 0.1) is 0 Å². The summed E-state index contributed by atoms with van der Waals surface area (Å²) in [5.41, 5.74) is 0.397. The number of carbonyl (C=O) groups excluding carboxylic acids is 2. The van der Waals surface area contributed by atoms with Crippen LogP contribution in [0.4, 0.5) is 4.79 Å². The predicted molar refractivity (Wildman–Crippen MR) is 98.4 cm³/mol. The highest BCUT2D eigenvalue weighted by Crippen LogP contribution is 2.18. The lowest BCUT2D eigenvalue weighted by atomic mass is 10.2. The molecule has 2 aromatic rings. The van der Waals surface area contributed by atoms with Crippen molar-refractivity contribution in [1.82, 2.24) is 14.9 Å². The lowest BCUT2D eigenvalue weighted by molar-refractivity contribution is -0.117. The molecule has 1 N–H and O–H groups in total. The summed E-state index contributed by atoms with van der Waals surface area (Å²) in [6.45, 7) is 2.76. The number of ether oxygens (including phenoxy) is 2. The van der Waals surface area contributed by atoms with Crippen LogP contribution >= 0.6 is 11.8 Å². The van der Waals surface area contributed by atoms with E-state index in [1.807, 2.05) is 0 Å². The number of methoxy groups -OCH3 is 1. The minimum absolute atomic E-state index is 0.0616. The molecule has 8 nitrogen and oxygen atoms in total. The van der Waals surface area contributed by atoms with Gasteiger partial charge in [-0.15, -0.1) is 0 Å². The molecule has 0 spiro atoms. The molecule has 0 saturated heterocycles. The molecule has 140 valence electrons. The molecule has 0 saturated carbocycles. The number of thioether (sulfide) groups is 1. The molecular formula is C17H21N3O5S. The first-order valence-corrected chi connectivity index (χ1v) is 9.13. The van der Waals surface area contributed by atoms with Crippen molar-refractivity contribution >= 4 is 34.7 Å². The van der Waals surface area contributed by atoms with E-state index in [-0.39, 0.29) is 17.9 Å². The molecule has 0 aliphatic rings. The van der Waals surface area contributed by atoms with Crippen LogP contribution in [0.3, 0.4) is 0 Å². The van der Waals surface area contributed by atoms with Gasteiger partial charge in [-0.2, -0.15) is 0 Å². The van der Waals surface area contributed by atoms with Gasteiger partial charge in [0.2, 0.25) is 5.91 Å². The first-order chi connectivity index (χ1) is 12.6. The topological polar surface area (TPSA) is 99.5 Å². The number of carbonyl (C=O) groups is 2. The molecule has 1 aromatic carbocycles. The van der Waals surface area contributed by atoms with Gasteiger partial charge < -0.3 is 9.47 Å². The van der Waals surface area contributed by atoms with Gasteiger partial charge in [0.1, 0.15) is 0 Å². The Morgan fingerprint density at radius 3 is 2.81 bits per heavy atom. The van der Waals surface area contributed by atoms with Crippen molar-refractivity contribution < 1.29 is 19.1 Å². The van der Waals surface area contributed by atoms with Gasteiger partial charge in [0.05, 0.1) is 23.3 Å². The SMILES string of the molecule is CCOC(=O)NC(=O)CSc1nc2ccccc2c(=O)n1CCCOC. The molecule has 0 radical (unpaired) electrons. The molecule has 2 amide bonds. The summed E-state index contributed by atoms with van der Waals surface area (Å²) in [6.07, 6.45) is -0.152. The van der Waals surface area contributed by atoms with Crippen LogP contribution < -0.4 is 10.9 Å². The normalized spacial score (nSPS) is 10.7. The van der Waals surface area contributed by atoms with Gasteiger partial charge >= 0.3 is 6.09 Å². The van der Waals surface area contributed by atoms with E-state index in [4.69, 9.17) is 4.74 Å². The first-order valence-electron chi connectivity index (χ1n) is 8.14. The van der Waals surface area contributed by atoms with E-state index in [2.05, 4.69) is 15.0 Å². The molecule has 0 bridgehead atoms. The van der Waals surface area contributed by atoms with Crippen molar-refractivity contribution in [2.24, 2.45) is 0 Å². The van der Waals surface area contributed by atoms with Gasteiger partial charge in [-0.25, -0.2) is 9.78 Å². The summed E-state index contributed by atoms with van der Waals surface area (Å²) < 4.78 is 11.2. The van der Waals surface area contributed by atoms with E-state index >= 15 is 0 Å². The Bertz CT molecular complexity index is 837. The van der Waals surface area contributed by atoms with Crippen molar-refractivity contribution in [2.45, 2.75) is 25.0 Å². The molecule has 0 atom stereocenters. The zero-order valence-corrected chi connectivity index (χ0v) is 15.5. The first kappa shape index (κ1) is 19.9. The molecule has 2 rings (SSSR count). The van der Waals surface area contributed by atoms with Gasteiger partial charge in [0, 0.05) is 20.3 Å². The van der Waals surface area contributed by atoms with Gasteiger partial charge in [-0.1, -0.05) is 23.9 Å². The van der Waals surface area contributed by atoms with Crippen LogP contribution in [0.1, 0.15) is 13.3 Å². The van der Waals surface area contributed by atoms with Crippen molar-refractivity contribution in [3.8, 4) is 0 Å². The average molecular weight is 379 g/mol. The number of amides is 2. The van der Waals surface area contributed by atoms with Crippen molar-refractivity contribution in [3.63, 3.8) is 0 Å². The van der Waals surface area contributed by atoms with Crippen LogP contribution in [0.15, 0.2) is 34.2 Å². The number of para-hydroxylation sites is 1. The Balaban J connectivity index is 2.20. The fourth-order valence-electron chi connectivity index (χ4n) is 2.27. The lowest BCUT2D eigenvalue weighted by Gasteiger charge is -2.12. The second-order valence-electron chi connectivity index (χ2n) is 5.27. The quantitative estimate of drug-likeness (QED) is 0.424. The molecule has 9 heteroatoms. The van der Waals surface area contributed by atoms with Crippen molar-refractivity contribution in [2.75, 3.05) is 26.1 Å². The number of aromatic nitrogens is 2. The van der Waals surface area contributed by atoms with Gasteiger partial charge in [-0.3, -0.25) is 19.5 Å². The second kappa shape index (κ2) is 9.93. The van der Waals surface area contributed by atoms with E-state index < -0.39 is 12.0 Å². The van der Waals surface area contributed by atoms with Crippen molar-refractivity contribution in [1.29, 1.82) is 0 Å². The molecule has 1 aromatic heterocycles. The Kier molecular flexibility index (Phi) is 7.61. The number of nitrogens with one attached hydrogen (secondary N) is 1. The molecule has 0 aliphatic carbocycles. The number of nitrogens with zero attached hydrogens (tertiary/aromatic N) is 2. The average Bonchev–Trinajstić information content (AvgIpc) is 2.62. The minimum Gasteiger partial charge on any atom is -0.450 e. The number of fused-ring (bicyclic) bond motifs is 1. The van der Waals surface area contributed by atoms with Crippen LogP contribution in [-0.2, 0) is 20.8 Å². The van der Waals surface area contributed by atoms with Crippen LogP contribution in [0.5, 0.6) is 0 Å². The van der Waals surface area contributed by atoms with E-state index in [1.54, 1.807) is 38.3 Å². The lowest BCUT2D eigenvalue weighted by Crippen LogP contribution is -2.32. The Morgan fingerprint density at radius 1 is 1.31 bits per heavy atom. The van der Waals surface area contributed by atoms with E-state index in [1.165, 1.54) is 4.57 Å². The van der Waals surface area contributed by atoms with Crippen LogP contribution in [0.25, 0.3) is 10.9 Å². The number of alkyl carbamates (subject to hydrolysis) is 1. The summed E-state index contributed by atoms with van der Waals surface area (Å²) in [5, 5.41) is 3.06. The van der Waals surface area contributed by atoms with Gasteiger partial charge in [-0.05, 0) is 25.5 Å².